The molecule has 1 N–H and O–H groups in total. The minimum atomic E-state index is -0.643. The molecule has 176 valence electrons. The first kappa shape index (κ1) is 22.6. The predicted molar refractivity (Wildman–Crippen MR) is 128 cm³/mol. The number of aliphatic hydroxyl groups is 1. The van der Waals surface area contributed by atoms with Crippen LogP contribution in [0.25, 0.3) is 5.57 Å². The number of ether oxygens (including phenoxy) is 1. The van der Waals surface area contributed by atoms with Gasteiger partial charge in [-0.3, -0.25) is 4.79 Å². The molecule has 1 aliphatic heterocycles. The summed E-state index contributed by atoms with van der Waals surface area (Å²) in [5, 5.41) is 10.0. The molecule has 0 radical (unpaired) electrons. The number of allylic oxidation sites excluding steroid dienone is 5. The summed E-state index contributed by atoms with van der Waals surface area (Å²) in [5.41, 5.74) is 5.90. The monoisotopic (exact) mass is 450 g/mol. The number of carbonyl (C=O) groups is 1. The highest BCUT2D eigenvalue weighted by Crippen LogP contribution is 2.58. The van der Waals surface area contributed by atoms with Crippen LogP contribution in [-0.2, 0) is 9.53 Å². The minimum absolute atomic E-state index is 0.0740. The maximum absolute atomic E-state index is 14.1. The van der Waals surface area contributed by atoms with Gasteiger partial charge >= 0.3 is 5.97 Å². The van der Waals surface area contributed by atoms with Crippen LogP contribution in [0.2, 0.25) is 0 Å². The van der Waals surface area contributed by atoms with E-state index in [0.29, 0.717) is 17.9 Å². The second-order valence-corrected chi connectivity index (χ2v) is 10.6. The number of aliphatic hydroxyl groups excluding tert-OH is 1. The van der Waals surface area contributed by atoms with Crippen molar-refractivity contribution in [2.45, 2.75) is 89.8 Å². The largest absolute Gasteiger partial charge is 0.458 e. The summed E-state index contributed by atoms with van der Waals surface area (Å²) < 4.78 is 19.6. The topological polar surface area (TPSA) is 46.5 Å². The van der Waals surface area contributed by atoms with Gasteiger partial charge < -0.3 is 9.84 Å². The van der Waals surface area contributed by atoms with Gasteiger partial charge in [-0.25, -0.2) is 4.39 Å². The fourth-order valence-electron chi connectivity index (χ4n) is 6.32. The van der Waals surface area contributed by atoms with Crippen molar-refractivity contribution in [2.75, 3.05) is 0 Å². The quantitative estimate of drug-likeness (QED) is 0.526. The van der Waals surface area contributed by atoms with Gasteiger partial charge in [0.2, 0.25) is 0 Å². The van der Waals surface area contributed by atoms with Crippen molar-refractivity contribution in [3.63, 3.8) is 0 Å². The first-order valence-electron chi connectivity index (χ1n) is 12.7. The van der Waals surface area contributed by atoms with Gasteiger partial charge in [-0.15, -0.1) is 0 Å². The Morgan fingerprint density at radius 2 is 1.94 bits per heavy atom. The number of esters is 1. The molecule has 5 rings (SSSR count). The Morgan fingerprint density at radius 1 is 1.15 bits per heavy atom. The summed E-state index contributed by atoms with van der Waals surface area (Å²) in [6.45, 7) is 1.82. The summed E-state index contributed by atoms with van der Waals surface area (Å²) in [4.78, 5) is 11.8. The summed E-state index contributed by atoms with van der Waals surface area (Å²) in [6.07, 6.45) is 17.2. The molecule has 1 heterocycles. The van der Waals surface area contributed by atoms with Crippen molar-refractivity contribution in [1.82, 2.24) is 0 Å². The normalized spacial score (nSPS) is 28.1. The highest BCUT2D eigenvalue weighted by atomic mass is 19.1. The maximum Gasteiger partial charge on any atom is 0.309 e. The van der Waals surface area contributed by atoms with E-state index in [4.69, 9.17) is 4.74 Å². The second-order valence-electron chi connectivity index (χ2n) is 10.6. The third-order valence-corrected chi connectivity index (χ3v) is 8.31. The molecule has 1 spiro atoms. The van der Waals surface area contributed by atoms with E-state index in [9.17, 15) is 14.3 Å². The van der Waals surface area contributed by atoms with Gasteiger partial charge in [0.05, 0.1) is 12.5 Å². The number of aryl methyl sites for hydroxylation is 1. The maximum atomic E-state index is 14.1. The highest BCUT2D eigenvalue weighted by Gasteiger charge is 2.44. The zero-order valence-corrected chi connectivity index (χ0v) is 19.6. The molecule has 3 nitrogen and oxygen atoms in total. The molecule has 33 heavy (non-hydrogen) atoms. The number of rotatable bonds is 4. The SMILES string of the molecule is Cc1cc(C2=C(C=C[C@H]3C[C@H](O)CC(=O)O3)C3(CCC3)CC(C3CCCCC3)=C2)ccc1F. The fraction of sp³-hybridized carbons (Fsp3) is 0.552. The van der Waals surface area contributed by atoms with E-state index >= 15 is 0 Å². The smallest absolute Gasteiger partial charge is 0.309 e. The number of carbonyl (C=O) groups excluding carboxylic acids is 1. The zero-order chi connectivity index (χ0) is 23.0. The van der Waals surface area contributed by atoms with E-state index in [1.807, 2.05) is 25.1 Å². The molecule has 3 fully saturated rings. The van der Waals surface area contributed by atoms with Gasteiger partial charge in [0, 0.05) is 6.42 Å². The molecule has 2 atom stereocenters. The van der Waals surface area contributed by atoms with Gasteiger partial charge in [-0.1, -0.05) is 49.5 Å². The molecular weight excluding hydrogens is 415 g/mol. The lowest BCUT2D eigenvalue weighted by Crippen LogP contribution is -2.36. The average molecular weight is 451 g/mol. The van der Waals surface area contributed by atoms with Crippen molar-refractivity contribution in [2.24, 2.45) is 11.3 Å². The Kier molecular flexibility index (Phi) is 6.30. The van der Waals surface area contributed by atoms with Crippen LogP contribution < -0.4 is 0 Å². The lowest BCUT2D eigenvalue weighted by Gasteiger charge is -2.48. The van der Waals surface area contributed by atoms with E-state index in [1.165, 1.54) is 49.7 Å². The van der Waals surface area contributed by atoms with Crippen LogP contribution in [0.1, 0.15) is 81.8 Å². The number of hydrogen-bond donors (Lipinski definition) is 1. The van der Waals surface area contributed by atoms with Gasteiger partial charge in [-0.05, 0) is 90.8 Å². The van der Waals surface area contributed by atoms with E-state index in [-0.39, 0.29) is 23.6 Å². The van der Waals surface area contributed by atoms with Crippen LogP contribution >= 0.6 is 0 Å². The molecule has 1 aromatic rings. The lowest BCUT2D eigenvalue weighted by atomic mass is 9.56. The molecule has 0 unspecified atom stereocenters. The van der Waals surface area contributed by atoms with Crippen LogP contribution in [0.3, 0.4) is 0 Å². The molecule has 4 heteroatoms. The average Bonchev–Trinajstić information content (AvgIpc) is 2.78. The molecule has 1 saturated heterocycles. The third kappa shape index (κ3) is 4.59. The van der Waals surface area contributed by atoms with Crippen molar-refractivity contribution in [1.29, 1.82) is 0 Å². The Hall–Kier alpha value is -2.20. The Morgan fingerprint density at radius 3 is 2.61 bits per heavy atom. The number of hydrogen-bond acceptors (Lipinski definition) is 3. The molecule has 0 bridgehead atoms. The van der Waals surface area contributed by atoms with E-state index in [1.54, 1.807) is 11.6 Å². The minimum Gasteiger partial charge on any atom is -0.458 e. The predicted octanol–water partition coefficient (Wildman–Crippen LogP) is 6.59. The van der Waals surface area contributed by atoms with Crippen molar-refractivity contribution >= 4 is 11.5 Å². The summed E-state index contributed by atoms with van der Waals surface area (Å²) >= 11 is 0. The molecule has 0 aromatic heterocycles. The number of halogens is 1. The molecule has 2 saturated carbocycles. The summed E-state index contributed by atoms with van der Waals surface area (Å²) in [5.74, 6) is 0.145. The first-order chi connectivity index (χ1) is 15.9. The molecular formula is C29H35FO3. The third-order valence-electron chi connectivity index (χ3n) is 8.31. The fourth-order valence-corrected chi connectivity index (χ4v) is 6.32. The molecule has 4 aliphatic rings. The first-order valence-corrected chi connectivity index (χ1v) is 12.7. The van der Waals surface area contributed by atoms with Crippen molar-refractivity contribution in [3.05, 3.63) is 64.5 Å². The number of cyclic esters (lactones) is 1. The van der Waals surface area contributed by atoms with Crippen molar-refractivity contribution in [3.8, 4) is 0 Å². The van der Waals surface area contributed by atoms with E-state index < -0.39 is 12.2 Å². The van der Waals surface area contributed by atoms with Gasteiger partial charge in [0.1, 0.15) is 11.9 Å². The van der Waals surface area contributed by atoms with Gasteiger partial charge in [0.25, 0.3) is 0 Å². The standard InChI is InChI=1S/C29H35FO3/c1-19-14-21(8-11-27(19)30)25-15-22(20-6-3-2-4-7-20)18-29(12-5-13-29)26(25)10-9-24-16-23(31)17-28(32)33-24/h8-11,14-15,20,23-24,31H,2-7,12-13,16-18H2,1H3/t23-,24-/m0/s1. The highest BCUT2D eigenvalue weighted by molar-refractivity contribution is 5.82. The number of benzene rings is 1. The van der Waals surface area contributed by atoms with E-state index in [0.717, 1.165) is 24.8 Å². The van der Waals surface area contributed by atoms with Crippen LogP contribution in [-0.4, -0.2) is 23.3 Å². The van der Waals surface area contributed by atoms with Crippen LogP contribution in [0.4, 0.5) is 4.39 Å². The van der Waals surface area contributed by atoms with Crippen LogP contribution in [0, 0.1) is 24.1 Å². The lowest BCUT2D eigenvalue weighted by molar-refractivity contribution is -0.156. The van der Waals surface area contributed by atoms with Gasteiger partial charge in [0.15, 0.2) is 0 Å². The Labute approximate surface area is 196 Å². The second kappa shape index (κ2) is 9.21. The van der Waals surface area contributed by atoms with E-state index in [2.05, 4.69) is 12.2 Å². The van der Waals surface area contributed by atoms with Gasteiger partial charge in [-0.2, -0.15) is 0 Å². The summed E-state index contributed by atoms with van der Waals surface area (Å²) in [6, 6.07) is 5.45. The van der Waals surface area contributed by atoms with Crippen LogP contribution in [0.5, 0.6) is 0 Å². The Bertz CT molecular complexity index is 1010. The molecule has 1 aromatic carbocycles. The zero-order valence-electron chi connectivity index (χ0n) is 19.6. The Balaban J connectivity index is 1.58. The molecule has 0 amide bonds. The molecule has 3 aliphatic carbocycles. The van der Waals surface area contributed by atoms with Crippen molar-refractivity contribution < 1.29 is 19.0 Å². The van der Waals surface area contributed by atoms with Crippen LogP contribution in [0.15, 0.2) is 47.6 Å². The summed E-state index contributed by atoms with van der Waals surface area (Å²) in [7, 11) is 0.